The van der Waals surface area contributed by atoms with E-state index >= 15 is 0 Å². The third-order valence-corrected chi connectivity index (χ3v) is 5.41. The highest BCUT2D eigenvalue weighted by molar-refractivity contribution is 7.11. The van der Waals surface area contributed by atoms with Gasteiger partial charge in [0.1, 0.15) is 0 Å². The molecule has 0 aliphatic carbocycles. The molecule has 0 atom stereocenters. The normalized spacial score (nSPS) is 10.8. The Morgan fingerprint density at radius 1 is 0.964 bits per heavy atom. The quantitative estimate of drug-likeness (QED) is 0.521. The first-order chi connectivity index (χ1) is 13.6. The lowest BCUT2D eigenvalue weighted by Gasteiger charge is -2.04. The summed E-state index contributed by atoms with van der Waals surface area (Å²) in [6.07, 6.45) is 0. The van der Waals surface area contributed by atoms with E-state index in [1.807, 2.05) is 49.4 Å². The van der Waals surface area contributed by atoms with Crippen molar-refractivity contribution in [1.29, 1.82) is 0 Å². The van der Waals surface area contributed by atoms with Crippen LogP contribution in [0.3, 0.4) is 0 Å². The predicted molar refractivity (Wildman–Crippen MR) is 110 cm³/mol. The van der Waals surface area contributed by atoms with E-state index in [1.54, 1.807) is 23.5 Å². The molecule has 0 fully saturated rings. The minimum atomic E-state index is -0.108. The van der Waals surface area contributed by atoms with Gasteiger partial charge in [0.25, 0.3) is 5.91 Å². The molecule has 1 N–H and O–H groups in total. The first kappa shape index (κ1) is 18.1. The van der Waals surface area contributed by atoms with Crippen LogP contribution >= 0.6 is 11.3 Å². The third kappa shape index (κ3) is 3.87. The van der Waals surface area contributed by atoms with E-state index in [2.05, 4.69) is 28.5 Å². The van der Waals surface area contributed by atoms with Gasteiger partial charge in [0.05, 0.1) is 6.54 Å². The van der Waals surface area contributed by atoms with E-state index in [0.29, 0.717) is 23.9 Å². The second-order valence-corrected chi connectivity index (χ2v) is 7.87. The van der Waals surface area contributed by atoms with Crippen molar-refractivity contribution in [3.05, 3.63) is 81.5 Å². The summed E-state index contributed by atoms with van der Waals surface area (Å²) in [5.41, 5.74) is 3.36. The molecule has 0 saturated heterocycles. The number of aryl methyl sites for hydroxylation is 2. The number of aromatic nitrogens is 2. The summed E-state index contributed by atoms with van der Waals surface area (Å²) in [4.78, 5) is 14.7. The van der Waals surface area contributed by atoms with Gasteiger partial charge in [-0.05, 0) is 61.9 Å². The largest absolute Gasteiger partial charge is 0.416 e. The summed E-state index contributed by atoms with van der Waals surface area (Å²) in [6.45, 7) is 4.59. The Morgan fingerprint density at radius 3 is 2.43 bits per heavy atom. The Hall–Kier alpha value is -3.25. The number of amides is 1. The van der Waals surface area contributed by atoms with Crippen LogP contribution in [0.2, 0.25) is 0 Å². The molecule has 2 aromatic carbocycles. The van der Waals surface area contributed by atoms with Gasteiger partial charge in [-0.1, -0.05) is 18.2 Å². The van der Waals surface area contributed by atoms with Crippen LogP contribution < -0.4 is 5.32 Å². The van der Waals surface area contributed by atoms with Crippen LogP contribution in [0.15, 0.2) is 65.1 Å². The standard InChI is InChI=1S/C22H19N3O2S/c1-14-5-3-4-6-19(14)22-25-24-21(27-22)17-10-8-16(9-11-17)20(26)23-13-18-12-7-15(2)28-18/h3-12H,13H2,1-2H3,(H,23,26). The first-order valence-electron chi connectivity index (χ1n) is 8.93. The fourth-order valence-electron chi connectivity index (χ4n) is 2.88. The number of rotatable bonds is 5. The average Bonchev–Trinajstić information content (AvgIpc) is 3.36. The zero-order chi connectivity index (χ0) is 19.5. The zero-order valence-electron chi connectivity index (χ0n) is 15.6. The molecule has 0 spiro atoms. The van der Waals surface area contributed by atoms with E-state index in [1.165, 1.54) is 4.88 Å². The molecule has 0 aliphatic rings. The molecule has 0 aliphatic heterocycles. The van der Waals surface area contributed by atoms with Gasteiger partial charge in [-0.25, -0.2) is 0 Å². The molecule has 2 aromatic heterocycles. The van der Waals surface area contributed by atoms with Gasteiger partial charge in [-0.2, -0.15) is 0 Å². The fraction of sp³-hybridized carbons (Fsp3) is 0.136. The summed E-state index contributed by atoms with van der Waals surface area (Å²) in [7, 11) is 0. The van der Waals surface area contributed by atoms with Gasteiger partial charge < -0.3 is 9.73 Å². The fourth-order valence-corrected chi connectivity index (χ4v) is 3.71. The van der Waals surface area contributed by atoms with Crippen LogP contribution in [0.5, 0.6) is 0 Å². The highest BCUT2D eigenvalue weighted by Gasteiger charge is 2.13. The SMILES string of the molecule is Cc1ccc(CNC(=O)c2ccc(-c3nnc(-c4ccccc4C)o3)cc2)s1. The van der Waals surface area contributed by atoms with Gasteiger partial charge in [0, 0.05) is 26.4 Å². The zero-order valence-corrected chi connectivity index (χ0v) is 16.4. The highest BCUT2D eigenvalue weighted by Crippen LogP contribution is 2.26. The van der Waals surface area contributed by atoms with Crippen LogP contribution in [0.4, 0.5) is 0 Å². The Balaban J connectivity index is 1.46. The van der Waals surface area contributed by atoms with E-state index in [4.69, 9.17) is 4.42 Å². The minimum absolute atomic E-state index is 0.108. The van der Waals surface area contributed by atoms with Gasteiger partial charge in [-0.3, -0.25) is 4.79 Å². The molecule has 28 heavy (non-hydrogen) atoms. The third-order valence-electron chi connectivity index (χ3n) is 4.41. The van der Waals surface area contributed by atoms with Gasteiger partial charge in [0.2, 0.25) is 11.8 Å². The van der Waals surface area contributed by atoms with Crippen LogP contribution in [-0.4, -0.2) is 16.1 Å². The minimum Gasteiger partial charge on any atom is -0.416 e. The first-order valence-corrected chi connectivity index (χ1v) is 9.75. The summed E-state index contributed by atoms with van der Waals surface area (Å²) >= 11 is 1.68. The molecule has 0 unspecified atom stereocenters. The van der Waals surface area contributed by atoms with Crippen molar-refractivity contribution in [2.75, 3.05) is 0 Å². The van der Waals surface area contributed by atoms with Crippen LogP contribution in [0.25, 0.3) is 22.9 Å². The molecular weight excluding hydrogens is 370 g/mol. The van der Waals surface area contributed by atoms with E-state index < -0.39 is 0 Å². The summed E-state index contributed by atoms with van der Waals surface area (Å²) < 4.78 is 5.82. The number of carbonyl (C=O) groups is 1. The number of thiophene rings is 1. The molecule has 140 valence electrons. The summed E-state index contributed by atoms with van der Waals surface area (Å²) in [6, 6.07) is 19.1. The molecule has 6 heteroatoms. The van der Waals surface area contributed by atoms with Crippen molar-refractivity contribution in [2.24, 2.45) is 0 Å². The van der Waals surface area contributed by atoms with Gasteiger partial charge >= 0.3 is 0 Å². The van der Waals surface area contributed by atoms with E-state index in [9.17, 15) is 4.79 Å². The van der Waals surface area contributed by atoms with Crippen molar-refractivity contribution >= 4 is 17.2 Å². The Bertz CT molecular complexity index is 1110. The number of nitrogens with zero attached hydrogens (tertiary/aromatic N) is 2. The van der Waals surface area contributed by atoms with E-state index in [-0.39, 0.29) is 5.91 Å². The Morgan fingerprint density at radius 2 is 1.71 bits per heavy atom. The molecule has 4 rings (SSSR count). The average molecular weight is 389 g/mol. The van der Waals surface area contributed by atoms with Crippen molar-refractivity contribution in [2.45, 2.75) is 20.4 Å². The lowest BCUT2D eigenvalue weighted by Crippen LogP contribution is -2.22. The lowest BCUT2D eigenvalue weighted by molar-refractivity contribution is 0.0951. The molecular formula is C22H19N3O2S. The number of nitrogens with one attached hydrogen (secondary N) is 1. The van der Waals surface area contributed by atoms with Crippen molar-refractivity contribution in [3.8, 4) is 22.9 Å². The highest BCUT2D eigenvalue weighted by atomic mass is 32.1. The molecule has 0 radical (unpaired) electrons. The molecule has 4 aromatic rings. The molecule has 0 saturated carbocycles. The maximum atomic E-state index is 12.3. The molecule has 0 bridgehead atoms. The smallest absolute Gasteiger partial charge is 0.251 e. The van der Waals surface area contributed by atoms with Crippen LogP contribution in [0, 0.1) is 13.8 Å². The van der Waals surface area contributed by atoms with Crippen molar-refractivity contribution in [1.82, 2.24) is 15.5 Å². The lowest BCUT2D eigenvalue weighted by atomic mass is 10.1. The maximum absolute atomic E-state index is 12.3. The Kier molecular flexibility index (Phi) is 5.04. The molecule has 5 nitrogen and oxygen atoms in total. The van der Waals surface area contributed by atoms with Crippen LogP contribution in [-0.2, 0) is 6.54 Å². The van der Waals surface area contributed by atoms with Crippen LogP contribution in [0.1, 0.15) is 25.7 Å². The summed E-state index contributed by atoms with van der Waals surface area (Å²) in [5, 5.41) is 11.2. The predicted octanol–water partition coefficient (Wildman–Crippen LogP) is 5.01. The molecule has 1 amide bonds. The second-order valence-electron chi connectivity index (χ2n) is 6.50. The van der Waals surface area contributed by atoms with Gasteiger partial charge in [0.15, 0.2) is 0 Å². The Labute approximate surface area is 167 Å². The number of hydrogen-bond acceptors (Lipinski definition) is 5. The van der Waals surface area contributed by atoms with E-state index in [0.717, 1.165) is 21.6 Å². The number of carbonyl (C=O) groups excluding carboxylic acids is 1. The maximum Gasteiger partial charge on any atom is 0.251 e. The monoisotopic (exact) mass is 389 g/mol. The number of benzene rings is 2. The number of hydrogen-bond donors (Lipinski definition) is 1. The summed E-state index contributed by atoms with van der Waals surface area (Å²) in [5.74, 6) is 0.809. The second kappa shape index (κ2) is 7.78. The molecule has 2 heterocycles. The van der Waals surface area contributed by atoms with Gasteiger partial charge in [-0.15, -0.1) is 21.5 Å². The van der Waals surface area contributed by atoms with Crippen molar-refractivity contribution in [3.63, 3.8) is 0 Å². The van der Waals surface area contributed by atoms with Crippen molar-refractivity contribution < 1.29 is 9.21 Å². The topological polar surface area (TPSA) is 68.0 Å².